The van der Waals surface area contributed by atoms with Crippen molar-refractivity contribution < 1.29 is 4.74 Å². The van der Waals surface area contributed by atoms with E-state index < -0.39 is 0 Å². The van der Waals surface area contributed by atoms with E-state index in [1.807, 2.05) is 29.1 Å². The zero-order valence-electron chi connectivity index (χ0n) is 11.1. The lowest BCUT2D eigenvalue weighted by Crippen LogP contribution is -2.05. The van der Waals surface area contributed by atoms with Crippen LogP contribution in [0.25, 0.3) is 11.3 Å². The Kier molecular flexibility index (Phi) is 3.67. The summed E-state index contributed by atoms with van der Waals surface area (Å²) in [4.78, 5) is 0. The molecular formula is C14H19N3O. The van der Waals surface area contributed by atoms with Gasteiger partial charge in [0.2, 0.25) is 0 Å². The minimum absolute atomic E-state index is 0.332. The Morgan fingerprint density at radius 3 is 2.72 bits per heavy atom. The van der Waals surface area contributed by atoms with Crippen LogP contribution in [0.4, 0.5) is 0 Å². The molecule has 0 amide bonds. The summed E-state index contributed by atoms with van der Waals surface area (Å²) in [5, 5.41) is 4.34. The lowest BCUT2D eigenvalue weighted by molar-refractivity contribution is 0.410. The molecule has 0 saturated heterocycles. The van der Waals surface area contributed by atoms with Gasteiger partial charge in [-0.05, 0) is 38.1 Å². The van der Waals surface area contributed by atoms with E-state index in [1.54, 1.807) is 7.11 Å². The van der Waals surface area contributed by atoms with Gasteiger partial charge in [-0.2, -0.15) is 5.10 Å². The van der Waals surface area contributed by atoms with Crippen molar-refractivity contribution in [1.29, 1.82) is 0 Å². The van der Waals surface area contributed by atoms with Gasteiger partial charge in [0.25, 0.3) is 0 Å². The molecule has 1 aromatic heterocycles. The van der Waals surface area contributed by atoms with E-state index in [0.717, 1.165) is 22.6 Å². The Bertz CT molecular complexity index is 532. The Morgan fingerprint density at radius 2 is 2.11 bits per heavy atom. The zero-order valence-corrected chi connectivity index (χ0v) is 11.1. The number of rotatable bonds is 4. The van der Waals surface area contributed by atoms with Gasteiger partial charge in [-0.25, -0.2) is 0 Å². The van der Waals surface area contributed by atoms with Crippen molar-refractivity contribution in [2.24, 2.45) is 5.73 Å². The molecule has 0 atom stereocenters. The van der Waals surface area contributed by atoms with Crippen LogP contribution < -0.4 is 10.5 Å². The number of benzene rings is 1. The molecule has 1 heterocycles. The number of ether oxygens (including phenoxy) is 1. The summed E-state index contributed by atoms with van der Waals surface area (Å²) >= 11 is 0. The summed E-state index contributed by atoms with van der Waals surface area (Å²) in [6, 6.07) is 8.40. The Morgan fingerprint density at radius 1 is 1.33 bits per heavy atom. The van der Waals surface area contributed by atoms with Crippen LogP contribution in [-0.4, -0.2) is 16.9 Å². The van der Waals surface area contributed by atoms with E-state index in [9.17, 15) is 0 Å². The SMILES string of the molecule is COc1ccc(-c2ccnn2C(C)C)cc1CN. The molecule has 0 aliphatic rings. The fourth-order valence-electron chi connectivity index (χ4n) is 2.05. The quantitative estimate of drug-likeness (QED) is 0.900. The van der Waals surface area contributed by atoms with E-state index in [4.69, 9.17) is 10.5 Å². The number of aromatic nitrogens is 2. The topological polar surface area (TPSA) is 53.1 Å². The van der Waals surface area contributed by atoms with E-state index in [2.05, 4.69) is 25.0 Å². The number of nitrogens with two attached hydrogens (primary N) is 1. The molecule has 2 rings (SSSR count). The van der Waals surface area contributed by atoms with Crippen molar-refractivity contribution in [2.45, 2.75) is 26.4 Å². The van der Waals surface area contributed by atoms with Crippen molar-refractivity contribution >= 4 is 0 Å². The van der Waals surface area contributed by atoms with Crippen LogP contribution in [0.15, 0.2) is 30.5 Å². The highest BCUT2D eigenvalue weighted by Gasteiger charge is 2.10. The average molecular weight is 245 g/mol. The average Bonchev–Trinajstić information content (AvgIpc) is 2.87. The molecule has 4 heteroatoms. The first-order valence-electron chi connectivity index (χ1n) is 6.08. The largest absolute Gasteiger partial charge is 0.496 e. The van der Waals surface area contributed by atoms with Crippen LogP contribution in [0.2, 0.25) is 0 Å². The summed E-state index contributed by atoms with van der Waals surface area (Å²) in [6.45, 7) is 4.70. The van der Waals surface area contributed by atoms with Crippen molar-refractivity contribution in [2.75, 3.05) is 7.11 Å². The second kappa shape index (κ2) is 5.23. The van der Waals surface area contributed by atoms with E-state index in [0.29, 0.717) is 12.6 Å². The van der Waals surface area contributed by atoms with E-state index in [1.165, 1.54) is 0 Å². The Hall–Kier alpha value is -1.81. The second-order valence-corrected chi connectivity index (χ2v) is 4.49. The maximum absolute atomic E-state index is 5.74. The molecule has 0 aliphatic carbocycles. The van der Waals surface area contributed by atoms with Crippen LogP contribution in [0.3, 0.4) is 0 Å². The van der Waals surface area contributed by atoms with Gasteiger partial charge in [0.15, 0.2) is 0 Å². The molecule has 0 unspecified atom stereocenters. The third-order valence-electron chi connectivity index (χ3n) is 2.96. The standard InChI is InChI=1S/C14H19N3O/c1-10(2)17-13(6-7-16-17)11-4-5-14(18-3)12(8-11)9-15/h4-8,10H,9,15H2,1-3H3. The molecule has 1 aromatic carbocycles. The predicted molar refractivity (Wildman–Crippen MR) is 72.5 cm³/mol. The summed E-state index contributed by atoms with van der Waals surface area (Å²) in [7, 11) is 1.66. The molecule has 0 aliphatic heterocycles. The van der Waals surface area contributed by atoms with Crippen molar-refractivity contribution in [3.8, 4) is 17.0 Å². The molecule has 2 N–H and O–H groups in total. The van der Waals surface area contributed by atoms with E-state index in [-0.39, 0.29) is 0 Å². The minimum Gasteiger partial charge on any atom is -0.496 e. The molecule has 2 aromatic rings. The monoisotopic (exact) mass is 245 g/mol. The molecule has 18 heavy (non-hydrogen) atoms. The summed E-state index contributed by atoms with van der Waals surface area (Å²) < 4.78 is 7.29. The third-order valence-corrected chi connectivity index (χ3v) is 2.96. The maximum atomic E-state index is 5.74. The van der Waals surface area contributed by atoms with Gasteiger partial charge in [-0.3, -0.25) is 4.68 Å². The lowest BCUT2D eigenvalue weighted by Gasteiger charge is -2.13. The van der Waals surface area contributed by atoms with Crippen LogP contribution in [0, 0.1) is 0 Å². The zero-order chi connectivity index (χ0) is 13.1. The van der Waals surface area contributed by atoms with Gasteiger partial charge in [0.05, 0.1) is 12.8 Å². The predicted octanol–water partition coefficient (Wildman–Crippen LogP) is 2.60. The molecule has 0 radical (unpaired) electrons. The van der Waals surface area contributed by atoms with Crippen LogP contribution in [-0.2, 0) is 6.54 Å². The van der Waals surface area contributed by atoms with Gasteiger partial charge in [0.1, 0.15) is 5.75 Å². The maximum Gasteiger partial charge on any atom is 0.123 e. The smallest absolute Gasteiger partial charge is 0.123 e. The van der Waals surface area contributed by atoms with Gasteiger partial charge >= 0.3 is 0 Å². The van der Waals surface area contributed by atoms with Gasteiger partial charge in [-0.1, -0.05) is 0 Å². The fourth-order valence-corrected chi connectivity index (χ4v) is 2.05. The van der Waals surface area contributed by atoms with E-state index >= 15 is 0 Å². The first-order valence-corrected chi connectivity index (χ1v) is 6.08. The van der Waals surface area contributed by atoms with Gasteiger partial charge < -0.3 is 10.5 Å². The van der Waals surface area contributed by atoms with Gasteiger partial charge in [0, 0.05) is 29.9 Å². The summed E-state index contributed by atoms with van der Waals surface area (Å²) in [5.74, 6) is 0.830. The lowest BCUT2D eigenvalue weighted by atomic mass is 10.1. The molecule has 96 valence electrons. The molecule has 0 spiro atoms. The number of nitrogens with zero attached hydrogens (tertiary/aromatic N) is 2. The van der Waals surface area contributed by atoms with Crippen molar-refractivity contribution in [1.82, 2.24) is 9.78 Å². The fraction of sp³-hybridized carbons (Fsp3) is 0.357. The van der Waals surface area contributed by atoms with Crippen molar-refractivity contribution in [3.63, 3.8) is 0 Å². The second-order valence-electron chi connectivity index (χ2n) is 4.49. The first kappa shape index (κ1) is 12.6. The Labute approximate surface area is 107 Å². The molecule has 0 saturated carbocycles. The van der Waals surface area contributed by atoms with Gasteiger partial charge in [-0.15, -0.1) is 0 Å². The third kappa shape index (κ3) is 2.24. The number of methoxy groups -OCH3 is 1. The number of hydrogen-bond donors (Lipinski definition) is 1. The minimum atomic E-state index is 0.332. The molecule has 0 fully saturated rings. The highest BCUT2D eigenvalue weighted by atomic mass is 16.5. The highest BCUT2D eigenvalue weighted by molar-refractivity contribution is 5.62. The molecule has 0 bridgehead atoms. The summed E-state index contributed by atoms with van der Waals surface area (Å²) in [5.41, 5.74) is 8.96. The van der Waals surface area contributed by atoms with Crippen molar-refractivity contribution in [3.05, 3.63) is 36.0 Å². The summed E-state index contributed by atoms with van der Waals surface area (Å²) in [6.07, 6.45) is 1.82. The highest BCUT2D eigenvalue weighted by Crippen LogP contribution is 2.27. The van der Waals surface area contributed by atoms with Crippen LogP contribution in [0.1, 0.15) is 25.5 Å². The molecule has 4 nitrogen and oxygen atoms in total. The normalized spacial score (nSPS) is 10.9. The molecular weight excluding hydrogens is 226 g/mol. The number of hydrogen-bond acceptors (Lipinski definition) is 3. The first-order chi connectivity index (χ1) is 8.67. The van der Waals surface area contributed by atoms with Crippen LogP contribution in [0.5, 0.6) is 5.75 Å². The van der Waals surface area contributed by atoms with Crippen LogP contribution >= 0.6 is 0 Å². The Balaban J connectivity index is 2.48.